The number of aliphatic hydroxyl groups excluding tert-OH is 1. The number of benzene rings is 1. The van der Waals surface area contributed by atoms with Gasteiger partial charge in [-0.1, -0.05) is 18.2 Å². The first kappa shape index (κ1) is 21.2. The van der Waals surface area contributed by atoms with Crippen LogP contribution in [-0.4, -0.2) is 52.8 Å². The summed E-state index contributed by atoms with van der Waals surface area (Å²) in [4.78, 5) is 26.5. The fraction of sp³-hybridized carbons (Fsp3) is 0.600. The van der Waals surface area contributed by atoms with Crippen LogP contribution in [0.2, 0.25) is 0 Å². The van der Waals surface area contributed by atoms with Crippen LogP contribution < -0.4 is 5.32 Å². The SMILES string of the molecule is CC(C)(C)OC(=O)N[C@@H](CC(=O)N1CCCC1CO)Cc1ccccc1F. The van der Waals surface area contributed by atoms with E-state index in [1.54, 1.807) is 43.9 Å². The Balaban J connectivity index is 2.09. The number of amides is 2. The highest BCUT2D eigenvalue weighted by molar-refractivity contribution is 5.78. The summed E-state index contributed by atoms with van der Waals surface area (Å²) in [5.74, 6) is -0.542. The van der Waals surface area contributed by atoms with Crippen molar-refractivity contribution >= 4 is 12.0 Å². The van der Waals surface area contributed by atoms with Crippen LogP contribution in [0.15, 0.2) is 24.3 Å². The predicted octanol–water partition coefficient (Wildman–Crippen LogP) is 2.63. The first-order valence-electron chi connectivity index (χ1n) is 9.33. The number of nitrogens with one attached hydrogen (secondary N) is 1. The van der Waals surface area contributed by atoms with Gasteiger partial charge in [-0.05, 0) is 51.7 Å². The molecule has 0 bridgehead atoms. The van der Waals surface area contributed by atoms with Crippen molar-refractivity contribution in [2.24, 2.45) is 0 Å². The zero-order chi connectivity index (χ0) is 20.0. The molecule has 1 heterocycles. The minimum atomic E-state index is -0.673. The van der Waals surface area contributed by atoms with E-state index in [9.17, 15) is 19.1 Å². The molecule has 2 amide bonds. The Morgan fingerprint density at radius 2 is 2.07 bits per heavy atom. The zero-order valence-corrected chi connectivity index (χ0v) is 16.2. The summed E-state index contributed by atoms with van der Waals surface area (Å²) in [6, 6.07) is 5.50. The highest BCUT2D eigenvalue weighted by atomic mass is 19.1. The average molecular weight is 380 g/mol. The smallest absolute Gasteiger partial charge is 0.407 e. The molecule has 1 aliphatic rings. The second-order valence-electron chi connectivity index (χ2n) is 7.91. The minimum Gasteiger partial charge on any atom is -0.444 e. The third-order valence-electron chi connectivity index (χ3n) is 4.47. The number of hydrogen-bond acceptors (Lipinski definition) is 4. The highest BCUT2D eigenvalue weighted by Gasteiger charge is 2.30. The van der Waals surface area contributed by atoms with Crippen molar-refractivity contribution in [2.45, 2.75) is 64.1 Å². The quantitative estimate of drug-likeness (QED) is 0.795. The maximum absolute atomic E-state index is 14.0. The van der Waals surface area contributed by atoms with Gasteiger partial charge in [-0.3, -0.25) is 4.79 Å². The largest absolute Gasteiger partial charge is 0.444 e. The van der Waals surface area contributed by atoms with Gasteiger partial charge in [0.2, 0.25) is 5.91 Å². The Morgan fingerprint density at radius 1 is 1.37 bits per heavy atom. The summed E-state index contributed by atoms with van der Waals surface area (Å²) >= 11 is 0. The molecule has 1 aromatic rings. The zero-order valence-electron chi connectivity index (χ0n) is 16.2. The number of nitrogens with zero attached hydrogens (tertiary/aromatic N) is 1. The van der Waals surface area contributed by atoms with Crippen LogP contribution in [-0.2, 0) is 16.0 Å². The molecule has 0 aliphatic carbocycles. The molecule has 2 rings (SSSR count). The molecule has 2 atom stereocenters. The number of halogens is 1. The van der Waals surface area contributed by atoms with Crippen molar-refractivity contribution in [2.75, 3.05) is 13.2 Å². The first-order valence-corrected chi connectivity index (χ1v) is 9.33. The van der Waals surface area contributed by atoms with Gasteiger partial charge in [0.25, 0.3) is 0 Å². The topological polar surface area (TPSA) is 78.9 Å². The van der Waals surface area contributed by atoms with Crippen LogP contribution in [0.1, 0.15) is 45.6 Å². The number of carbonyl (C=O) groups is 2. The van der Waals surface area contributed by atoms with E-state index in [0.29, 0.717) is 12.1 Å². The molecule has 0 spiro atoms. The van der Waals surface area contributed by atoms with Gasteiger partial charge in [0.15, 0.2) is 0 Å². The van der Waals surface area contributed by atoms with Gasteiger partial charge in [0.05, 0.1) is 12.6 Å². The van der Waals surface area contributed by atoms with Crippen molar-refractivity contribution in [1.29, 1.82) is 0 Å². The van der Waals surface area contributed by atoms with E-state index in [2.05, 4.69) is 5.32 Å². The summed E-state index contributed by atoms with van der Waals surface area (Å²) in [5.41, 5.74) is -0.250. The molecule has 7 heteroatoms. The van der Waals surface area contributed by atoms with Gasteiger partial charge in [-0.25, -0.2) is 9.18 Å². The van der Waals surface area contributed by atoms with Crippen LogP contribution in [0.3, 0.4) is 0 Å². The molecule has 1 aromatic carbocycles. The number of aliphatic hydroxyl groups is 1. The van der Waals surface area contributed by atoms with Crippen LogP contribution >= 0.6 is 0 Å². The fourth-order valence-corrected chi connectivity index (χ4v) is 3.26. The van der Waals surface area contributed by atoms with Gasteiger partial charge < -0.3 is 20.1 Å². The highest BCUT2D eigenvalue weighted by Crippen LogP contribution is 2.20. The third-order valence-corrected chi connectivity index (χ3v) is 4.47. The van der Waals surface area contributed by atoms with E-state index in [1.165, 1.54) is 6.07 Å². The first-order chi connectivity index (χ1) is 12.7. The van der Waals surface area contributed by atoms with Crippen molar-refractivity contribution < 1.29 is 23.8 Å². The van der Waals surface area contributed by atoms with E-state index in [-0.39, 0.29) is 37.2 Å². The minimum absolute atomic E-state index is 0.0179. The maximum atomic E-state index is 14.0. The summed E-state index contributed by atoms with van der Waals surface area (Å²) < 4.78 is 19.3. The van der Waals surface area contributed by atoms with E-state index in [1.807, 2.05) is 0 Å². The number of ether oxygens (including phenoxy) is 1. The maximum Gasteiger partial charge on any atom is 0.407 e. The van der Waals surface area contributed by atoms with Gasteiger partial charge in [0, 0.05) is 19.0 Å². The number of hydrogen-bond donors (Lipinski definition) is 2. The van der Waals surface area contributed by atoms with Crippen LogP contribution in [0, 0.1) is 5.82 Å². The van der Waals surface area contributed by atoms with Crippen molar-refractivity contribution in [1.82, 2.24) is 10.2 Å². The van der Waals surface area contributed by atoms with Crippen LogP contribution in [0.4, 0.5) is 9.18 Å². The van der Waals surface area contributed by atoms with E-state index < -0.39 is 17.7 Å². The second kappa shape index (κ2) is 9.17. The Kier molecular flexibility index (Phi) is 7.18. The molecule has 27 heavy (non-hydrogen) atoms. The van der Waals surface area contributed by atoms with E-state index >= 15 is 0 Å². The fourth-order valence-electron chi connectivity index (χ4n) is 3.26. The lowest BCUT2D eigenvalue weighted by Gasteiger charge is -2.27. The molecule has 1 saturated heterocycles. The number of likely N-dealkylation sites (tertiary alicyclic amines) is 1. The number of carbonyl (C=O) groups excluding carboxylic acids is 2. The Hall–Kier alpha value is -2.15. The molecule has 150 valence electrons. The molecule has 6 nitrogen and oxygen atoms in total. The van der Waals surface area contributed by atoms with Crippen LogP contribution in [0.5, 0.6) is 0 Å². The Morgan fingerprint density at radius 3 is 2.70 bits per heavy atom. The Labute approximate surface area is 159 Å². The van der Waals surface area contributed by atoms with Crippen molar-refractivity contribution in [3.8, 4) is 0 Å². The average Bonchev–Trinajstić information content (AvgIpc) is 3.03. The van der Waals surface area contributed by atoms with Gasteiger partial charge in [-0.2, -0.15) is 0 Å². The molecule has 2 N–H and O–H groups in total. The predicted molar refractivity (Wildman–Crippen MR) is 99.7 cm³/mol. The molecular formula is C20H29FN2O4. The lowest BCUT2D eigenvalue weighted by molar-refractivity contribution is -0.133. The molecule has 1 unspecified atom stereocenters. The summed E-state index contributed by atoms with van der Waals surface area (Å²) in [5, 5.41) is 12.1. The normalized spacial score (nSPS) is 18.3. The molecule has 1 fully saturated rings. The molecule has 1 aliphatic heterocycles. The molecule has 0 radical (unpaired) electrons. The van der Waals surface area contributed by atoms with Crippen LogP contribution in [0.25, 0.3) is 0 Å². The summed E-state index contributed by atoms with van der Waals surface area (Å²) in [6.45, 7) is 5.76. The number of rotatable bonds is 6. The monoisotopic (exact) mass is 380 g/mol. The van der Waals surface area contributed by atoms with Gasteiger partial charge in [-0.15, -0.1) is 0 Å². The van der Waals surface area contributed by atoms with E-state index in [0.717, 1.165) is 12.8 Å². The lowest BCUT2D eigenvalue weighted by atomic mass is 10.0. The molecular weight excluding hydrogens is 351 g/mol. The Bertz CT molecular complexity index is 660. The standard InChI is InChI=1S/C20H29FN2O4/c1-20(2,3)27-19(26)22-15(11-14-7-4-5-9-17(14)21)12-18(25)23-10-6-8-16(23)13-24/h4-5,7,9,15-16,24H,6,8,10-13H2,1-3H3,(H,22,26)/t15-,16?/m1/s1. The van der Waals surface area contributed by atoms with Gasteiger partial charge >= 0.3 is 6.09 Å². The summed E-state index contributed by atoms with van der Waals surface area (Å²) in [7, 11) is 0. The van der Waals surface area contributed by atoms with Gasteiger partial charge in [0.1, 0.15) is 11.4 Å². The van der Waals surface area contributed by atoms with Crippen molar-refractivity contribution in [3.63, 3.8) is 0 Å². The number of alkyl carbamates (subject to hydrolysis) is 1. The van der Waals surface area contributed by atoms with Crippen molar-refractivity contribution in [3.05, 3.63) is 35.6 Å². The second-order valence-corrected chi connectivity index (χ2v) is 7.91. The summed E-state index contributed by atoms with van der Waals surface area (Å²) in [6.07, 6.45) is 1.16. The molecule has 0 saturated carbocycles. The van der Waals surface area contributed by atoms with E-state index in [4.69, 9.17) is 4.74 Å². The lowest BCUT2D eigenvalue weighted by Crippen LogP contribution is -2.45. The molecule has 0 aromatic heterocycles. The third kappa shape index (κ3) is 6.50.